The van der Waals surface area contributed by atoms with Crippen LogP contribution in [0.3, 0.4) is 0 Å². The number of halogens is 1. The van der Waals surface area contributed by atoms with Crippen LogP contribution >= 0.6 is 11.6 Å². The van der Waals surface area contributed by atoms with Crippen molar-refractivity contribution in [2.45, 2.75) is 16.6 Å². The molecule has 0 aromatic heterocycles. The Labute approximate surface area is 273 Å². The average Bonchev–Trinajstić information content (AvgIpc) is 3.14. The van der Waals surface area contributed by atoms with Crippen LogP contribution in [0.25, 0.3) is 0 Å². The Morgan fingerprint density at radius 1 is 0.370 bits per heavy atom. The van der Waals surface area contributed by atoms with Crippen molar-refractivity contribution in [2.24, 2.45) is 0 Å². The largest absolute Gasteiger partial charge is 0.443 e. The molecular formula is C41H31ClO4. The van der Waals surface area contributed by atoms with E-state index in [1.54, 1.807) is 0 Å². The molecular weight excluding hydrogens is 592 g/mol. The summed E-state index contributed by atoms with van der Waals surface area (Å²) in [5.41, 5.74) is 1.40. The molecule has 6 rings (SSSR count). The molecule has 0 bridgehead atoms. The van der Waals surface area contributed by atoms with Crippen molar-refractivity contribution >= 4 is 23.5 Å². The highest BCUT2D eigenvalue weighted by Crippen LogP contribution is 2.43. The zero-order valence-electron chi connectivity index (χ0n) is 24.9. The molecule has 0 amide bonds. The maximum absolute atomic E-state index is 14.2. The van der Waals surface area contributed by atoms with E-state index in [9.17, 15) is 9.59 Å². The smallest absolute Gasteiger partial charge is 0.337 e. The van der Waals surface area contributed by atoms with Gasteiger partial charge in [-0.2, -0.15) is 0 Å². The normalized spacial score (nSPS) is 11.5. The molecule has 0 atom stereocenters. The summed E-state index contributed by atoms with van der Waals surface area (Å²) in [6, 6.07) is 56.6. The van der Waals surface area contributed by atoms with Crippen molar-refractivity contribution in [3.05, 3.63) is 215 Å². The van der Waals surface area contributed by atoms with E-state index in [4.69, 9.17) is 21.1 Å². The van der Waals surface area contributed by atoms with Gasteiger partial charge in [-0.25, -0.2) is 9.59 Å². The summed E-state index contributed by atoms with van der Waals surface area (Å²) in [5.74, 6) is -1.88. The van der Waals surface area contributed by atoms with Crippen LogP contribution in [-0.2, 0) is 30.3 Å². The summed E-state index contributed by atoms with van der Waals surface area (Å²) in [6.07, 6.45) is 0. The van der Waals surface area contributed by atoms with Gasteiger partial charge in [0.05, 0.1) is 0 Å². The van der Waals surface area contributed by atoms with E-state index in [0.717, 1.165) is 0 Å². The Morgan fingerprint density at radius 2 is 0.543 bits per heavy atom. The van der Waals surface area contributed by atoms with E-state index in [2.05, 4.69) is 0 Å². The predicted molar refractivity (Wildman–Crippen MR) is 180 cm³/mol. The molecule has 0 aliphatic rings. The lowest BCUT2D eigenvalue weighted by atomic mass is 9.80. The van der Waals surface area contributed by atoms with Crippen molar-refractivity contribution in [3.8, 4) is 0 Å². The molecule has 0 aliphatic carbocycles. The maximum Gasteiger partial charge on any atom is 0.337 e. The van der Waals surface area contributed by atoms with E-state index < -0.39 is 28.5 Å². The molecule has 0 fully saturated rings. The highest BCUT2D eigenvalue weighted by atomic mass is 35.5. The van der Waals surface area contributed by atoms with Crippen LogP contribution in [0.15, 0.2) is 182 Å². The Kier molecular flexibility index (Phi) is 9.09. The fourth-order valence-electron chi connectivity index (χ4n) is 5.89. The molecule has 0 aliphatic heterocycles. The number of benzene rings is 6. The van der Waals surface area contributed by atoms with E-state index in [1.807, 2.05) is 182 Å². The number of esters is 2. The van der Waals surface area contributed by atoms with Crippen molar-refractivity contribution in [2.75, 3.05) is 0 Å². The van der Waals surface area contributed by atoms with Gasteiger partial charge in [0.15, 0.2) is 11.2 Å². The van der Waals surface area contributed by atoms with Gasteiger partial charge < -0.3 is 9.47 Å². The number of alkyl halides is 1. The minimum atomic E-state index is -1.79. The molecule has 226 valence electrons. The van der Waals surface area contributed by atoms with E-state index in [1.165, 1.54) is 0 Å². The van der Waals surface area contributed by atoms with Gasteiger partial charge >= 0.3 is 11.9 Å². The van der Waals surface area contributed by atoms with Gasteiger partial charge in [-0.1, -0.05) is 194 Å². The summed E-state index contributed by atoms with van der Waals surface area (Å²) in [6.45, 7) is 0. The van der Waals surface area contributed by atoms with Crippen LogP contribution < -0.4 is 0 Å². The van der Waals surface area contributed by atoms with Crippen molar-refractivity contribution in [1.29, 1.82) is 0 Å². The summed E-state index contributed by atoms with van der Waals surface area (Å²) >= 11 is 6.77. The first-order valence-corrected chi connectivity index (χ1v) is 15.4. The summed E-state index contributed by atoms with van der Waals surface area (Å²) < 4.78 is 12.9. The molecule has 0 N–H and O–H groups in total. The lowest BCUT2D eigenvalue weighted by Gasteiger charge is -2.37. The Bertz CT molecular complexity index is 1530. The van der Waals surface area contributed by atoms with Crippen LogP contribution in [0.4, 0.5) is 0 Å². The minimum Gasteiger partial charge on any atom is -0.443 e. The number of ether oxygens (including phenoxy) is 2. The fraction of sp³-hybridized carbons (Fsp3) is 0.0732. The van der Waals surface area contributed by atoms with Crippen LogP contribution in [-0.4, -0.2) is 17.3 Å². The van der Waals surface area contributed by atoms with Gasteiger partial charge in [0.25, 0.3) is 0 Å². The number of hydrogen-bond acceptors (Lipinski definition) is 4. The molecule has 0 spiro atoms. The number of carbonyl (C=O) groups is 2. The van der Waals surface area contributed by atoms with Crippen molar-refractivity contribution < 1.29 is 19.1 Å². The highest BCUT2D eigenvalue weighted by Gasteiger charge is 2.46. The topological polar surface area (TPSA) is 52.6 Å². The SMILES string of the molecule is O=C(OC(c1ccccc1)(c1ccccc1)c1ccccc1)C(Cl)C(=O)OC(c1ccccc1)(c1ccccc1)c1ccccc1. The third-order valence-corrected chi connectivity index (χ3v) is 8.36. The van der Waals surface area contributed by atoms with Gasteiger partial charge in [-0.15, -0.1) is 0 Å². The molecule has 6 aromatic rings. The summed E-state index contributed by atoms with van der Waals surface area (Å²) in [7, 11) is 0. The molecule has 46 heavy (non-hydrogen) atoms. The molecule has 5 heteroatoms. The quantitative estimate of drug-likeness (QED) is 0.0664. The standard InChI is InChI=1S/C41H31ClO4/c42-37(38(43)45-40(31-19-7-1-8-20-31,32-21-9-2-10-22-32)33-23-11-3-12-24-33)39(44)46-41(34-25-13-4-14-26-34,35-27-15-5-16-28-35)36-29-17-6-18-30-36/h1-30,37H. The lowest BCUT2D eigenvalue weighted by molar-refractivity contribution is -0.164. The Hall–Kier alpha value is -5.45. The lowest BCUT2D eigenvalue weighted by Crippen LogP contribution is -2.43. The van der Waals surface area contributed by atoms with Gasteiger partial charge in [0.2, 0.25) is 5.38 Å². The average molecular weight is 623 g/mol. The second-order valence-corrected chi connectivity index (χ2v) is 11.2. The zero-order chi connectivity index (χ0) is 31.8. The van der Waals surface area contributed by atoms with E-state index in [0.29, 0.717) is 33.4 Å². The molecule has 0 heterocycles. The van der Waals surface area contributed by atoms with Gasteiger partial charge in [0.1, 0.15) is 0 Å². The first-order chi connectivity index (χ1) is 22.6. The first-order valence-electron chi connectivity index (χ1n) is 15.0. The molecule has 4 nitrogen and oxygen atoms in total. The molecule has 0 unspecified atom stereocenters. The highest BCUT2D eigenvalue weighted by molar-refractivity contribution is 6.40. The predicted octanol–water partition coefficient (Wildman–Crippen LogP) is 8.66. The zero-order valence-corrected chi connectivity index (χ0v) is 25.7. The number of carbonyl (C=O) groups excluding carboxylic acids is 2. The Balaban J connectivity index is 1.43. The maximum atomic E-state index is 14.2. The minimum absolute atomic E-state index is 0.699. The second-order valence-electron chi connectivity index (χ2n) is 10.8. The van der Waals surface area contributed by atoms with Crippen LogP contribution in [0.2, 0.25) is 0 Å². The third kappa shape index (κ3) is 5.83. The number of hydrogen-bond donors (Lipinski definition) is 0. The van der Waals surface area contributed by atoms with Gasteiger partial charge in [0, 0.05) is 33.4 Å². The van der Waals surface area contributed by atoms with Crippen molar-refractivity contribution in [3.63, 3.8) is 0 Å². The van der Waals surface area contributed by atoms with Crippen molar-refractivity contribution in [1.82, 2.24) is 0 Å². The van der Waals surface area contributed by atoms with E-state index >= 15 is 0 Å². The summed E-state index contributed by atoms with van der Waals surface area (Å²) in [4.78, 5) is 28.3. The summed E-state index contributed by atoms with van der Waals surface area (Å²) in [5, 5.41) is -1.79. The van der Waals surface area contributed by atoms with Crippen LogP contribution in [0, 0.1) is 0 Å². The van der Waals surface area contributed by atoms with Crippen LogP contribution in [0.1, 0.15) is 33.4 Å². The van der Waals surface area contributed by atoms with E-state index in [-0.39, 0.29) is 0 Å². The molecule has 0 saturated carbocycles. The molecule has 6 aromatic carbocycles. The second kappa shape index (κ2) is 13.7. The molecule has 0 radical (unpaired) electrons. The van der Waals surface area contributed by atoms with Gasteiger partial charge in [-0.3, -0.25) is 0 Å². The Morgan fingerprint density at radius 3 is 0.717 bits per heavy atom. The number of rotatable bonds is 10. The first kappa shape index (κ1) is 30.6. The monoisotopic (exact) mass is 622 g/mol. The third-order valence-electron chi connectivity index (χ3n) is 8.00. The van der Waals surface area contributed by atoms with Crippen LogP contribution in [0.5, 0.6) is 0 Å². The van der Waals surface area contributed by atoms with Gasteiger partial charge in [-0.05, 0) is 0 Å². The fourth-order valence-corrected chi connectivity index (χ4v) is 5.98. The molecule has 0 saturated heterocycles.